The van der Waals surface area contributed by atoms with Gasteiger partial charge in [0.1, 0.15) is 11.9 Å². The molecule has 1 rings (SSSR count). The van der Waals surface area contributed by atoms with Gasteiger partial charge in [0.2, 0.25) is 0 Å². The number of hydrogen-bond donors (Lipinski definition) is 3. The molecule has 1 aromatic rings. The molecule has 1 aromatic carbocycles. The Morgan fingerprint density at radius 3 is 2.77 bits per heavy atom. The second-order valence-electron chi connectivity index (χ2n) is 2.72. The van der Waals surface area contributed by atoms with Gasteiger partial charge in [-0.15, -0.1) is 0 Å². The Hall–Kier alpha value is -1.55. The van der Waals surface area contributed by atoms with Gasteiger partial charge in [-0.25, -0.2) is 0 Å². The molecule has 4 nitrogen and oxygen atoms in total. The molecule has 0 unspecified atom stereocenters. The van der Waals surface area contributed by atoms with Crippen LogP contribution in [-0.4, -0.2) is 22.2 Å². The maximum atomic E-state index is 11.0. The van der Waals surface area contributed by atoms with E-state index < -0.39 is 12.0 Å². The predicted octanol–water partition coefficient (Wildman–Crippen LogP) is 0.711. The van der Waals surface area contributed by atoms with Crippen LogP contribution in [0.25, 0.3) is 0 Å². The third-order valence-electron chi connectivity index (χ3n) is 1.49. The zero-order valence-corrected chi connectivity index (χ0v) is 7.19. The first kappa shape index (κ1) is 9.54. The number of phenols is 1. The van der Waals surface area contributed by atoms with E-state index in [1.54, 1.807) is 12.1 Å². The second-order valence-corrected chi connectivity index (χ2v) is 2.72. The number of phenolic OH excluding ortho intramolecular Hbond substituents is 1. The molecule has 0 fully saturated rings. The van der Waals surface area contributed by atoms with E-state index in [2.05, 4.69) is 5.32 Å². The molecule has 0 spiro atoms. The Morgan fingerprint density at radius 2 is 2.23 bits per heavy atom. The quantitative estimate of drug-likeness (QED) is 0.629. The van der Waals surface area contributed by atoms with Crippen LogP contribution in [0.15, 0.2) is 24.3 Å². The summed E-state index contributed by atoms with van der Waals surface area (Å²) in [5.74, 6) is -0.422. The highest BCUT2D eigenvalue weighted by Crippen LogP contribution is 2.15. The Morgan fingerprint density at radius 1 is 1.54 bits per heavy atom. The van der Waals surface area contributed by atoms with Crippen molar-refractivity contribution in [3.8, 4) is 5.75 Å². The van der Waals surface area contributed by atoms with Crippen LogP contribution in [0.2, 0.25) is 0 Å². The molecule has 0 aromatic heterocycles. The minimum atomic E-state index is -1.05. The van der Waals surface area contributed by atoms with Crippen molar-refractivity contribution < 1.29 is 15.0 Å². The van der Waals surface area contributed by atoms with Gasteiger partial charge < -0.3 is 15.5 Å². The molecule has 0 aliphatic heterocycles. The van der Waals surface area contributed by atoms with Gasteiger partial charge in [-0.3, -0.25) is 4.79 Å². The fraction of sp³-hybridized carbons (Fsp3) is 0.222. The Kier molecular flexibility index (Phi) is 2.87. The van der Waals surface area contributed by atoms with Crippen LogP contribution in [0, 0.1) is 0 Å². The van der Waals surface area contributed by atoms with E-state index in [9.17, 15) is 4.79 Å². The van der Waals surface area contributed by atoms with Crippen LogP contribution in [0.5, 0.6) is 5.75 Å². The van der Waals surface area contributed by atoms with E-state index in [1.165, 1.54) is 19.1 Å². The predicted molar refractivity (Wildman–Crippen MR) is 48.4 cm³/mol. The number of anilines is 1. The summed E-state index contributed by atoms with van der Waals surface area (Å²) in [6.07, 6.45) is -1.05. The van der Waals surface area contributed by atoms with Gasteiger partial charge in [0.25, 0.3) is 5.91 Å². The van der Waals surface area contributed by atoms with Crippen molar-refractivity contribution in [3.05, 3.63) is 24.3 Å². The van der Waals surface area contributed by atoms with Crippen molar-refractivity contribution in [2.75, 3.05) is 5.32 Å². The molecule has 0 aliphatic carbocycles. The second kappa shape index (κ2) is 3.91. The number of nitrogens with one attached hydrogen (secondary N) is 1. The highest BCUT2D eigenvalue weighted by molar-refractivity contribution is 5.93. The van der Waals surface area contributed by atoms with Gasteiger partial charge in [-0.05, 0) is 19.1 Å². The topological polar surface area (TPSA) is 69.6 Å². The van der Waals surface area contributed by atoms with Crippen molar-refractivity contribution in [1.82, 2.24) is 0 Å². The van der Waals surface area contributed by atoms with E-state index in [1.807, 2.05) is 0 Å². The molecular formula is C9H11NO3. The number of hydrogen-bond acceptors (Lipinski definition) is 3. The highest BCUT2D eigenvalue weighted by Gasteiger charge is 2.08. The van der Waals surface area contributed by atoms with Crippen LogP contribution in [0.1, 0.15) is 6.92 Å². The van der Waals surface area contributed by atoms with Crippen LogP contribution >= 0.6 is 0 Å². The molecule has 0 saturated heterocycles. The number of carbonyl (C=O) groups is 1. The van der Waals surface area contributed by atoms with Crippen molar-refractivity contribution in [3.63, 3.8) is 0 Å². The van der Waals surface area contributed by atoms with Crippen LogP contribution in [0.4, 0.5) is 5.69 Å². The van der Waals surface area contributed by atoms with Gasteiger partial charge in [0, 0.05) is 11.8 Å². The average molecular weight is 181 g/mol. The average Bonchev–Trinajstić information content (AvgIpc) is 2.04. The number of aromatic hydroxyl groups is 1. The summed E-state index contributed by atoms with van der Waals surface area (Å²) >= 11 is 0. The highest BCUT2D eigenvalue weighted by atomic mass is 16.3. The van der Waals surface area contributed by atoms with Crippen LogP contribution < -0.4 is 5.32 Å². The Labute approximate surface area is 75.8 Å². The van der Waals surface area contributed by atoms with Crippen LogP contribution in [0.3, 0.4) is 0 Å². The first-order chi connectivity index (χ1) is 6.09. The summed E-state index contributed by atoms with van der Waals surface area (Å²) < 4.78 is 0. The normalized spacial score (nSPS) is 12.2. The van der Waals surface area contributed by atoms with E-state index >= 15 is 0 Å². The summed E-state index contributed by atoms with van der Waals surface area (Å²) in [6.45, 7) is 1.37. The molecule has 13 heavy (non-hydrogen) atoms. The van der Waals surface area contributed by atoms with Gasteiger partial charge in [0.05, 0.1) is 0 Å². The van der Waals surface area contributed by atoms with E-state index in [-0.39, 0.29) is 5.75 Å². The van der Waals surface area contributed by atoms with E-state index in [0.717, 1.165) is 0 Å². The first-order valence-electron chi connectivity index (χ1n) is 3.87. The minimum absolute atomic E-state index is 0.0726. The summed E-state index contributed by atoms with van der Waals surface area (Å²) in [5, 5.41) is 20.4. The smallest absolute Gasteiger partial charge is 0.252 e. The summed E-state index contributed by atoms with van der Waals surface area (Å²) in [7, 11) is 0. The lowest BCUT2D eigenvalue weighted by Gasteiger charge is -2.06. The molecule has 70 valence electrons. The number of aliphatic hydroxyl groups is 1. The van der Waals surface area contributed by atoms with Crippen molar-refractivity contribution in [2.45, 2.75) is 13.0 Å². The number of amides is 1. The fourth-order valence-corrected chi connectivity index (χ4v) is 0.830. The number of aliphatic hydroxyl groups excluding tert-OH is 1. The number of carbonyl (C=O) groups excluding carboxylic acids is 1. The standard InChI is InChI=1S/C9H11NO3/c1-6(11)9(13)10-7-3-2-4-8(12)5-7/h2-6,11-12H,1H3,(H,10,13)/t6-/m0/s1. The van der Waals surface area contributed by atoms with Gasteiger partial charge in [-0.1, -0.05) is 6.07 Å². The van der Waals surface area contributed by atoms with Gasteiger partial charge in [0.15, 0.2) is 0 Å². The zero-order chi connectivity index (χ0) is 9.84. The van der Waals surface area contributed by atoms with Crippen molar-refractivity contribution in [2.24, 2.45) is 0 Å². The summed E-state index contributed by atoms with van der Waals surface area (Å²) in [5.41, 5.74) is 0.464. The molecule has 0 aliphatic rings. The zero-order valence-electron chi connectivity index (χ0n) is 7.19. The SMILES string of the molecule is C[C@H](O)C(=O)Nc1cccc(O)c1. The molecule has 0 saturated carbocycles. The maximum absolute atomic E-state index is 11.0. The van der Waals surface area contributed by atoms with E-state index in [0.29, 0.717) is 5.69 Å². The maximum Gasteiger partial charge on any atom is 0.252 e. The monoisotopic (exact) mass is 181 g/mol. The van der Waals surface area contributed by atoms with Gasteiger partial charge >= 0.3 is 0 Å². The molecule has 1 amide bonds. The summed E-state index contributed by atoms with van der Waals surface area (Å²) in [6, 6.07) is 6.13. The number of benzene rings is 1. The molecule has 0 heterocycles. The van der Waals surface area contributed by atoms with Crippen molar-refractivity contribution in [1.29, 1.82) is 0 Å². The summed E-state index contributed by atoms with van der Waals surface area (Å²) in [4.78, 5) is 11.0. The minimum Gasteiger partial charge on any atom is -0.508 e. The third-order valence-corrected chi connectivity index (χ3v) is 1.49. The first-order valence-corrected chi connectivity index (χ1v) is 3.87. The molecule has 0 bridgehead atoms. The fourth-order valence-electron chi connectivity index (χ4n) is 0.830. The van der Waals surface area contributed by atoms with Crippen molar-refractivity contribution >= 4 is 11.6 Å². The molecule has 0 radical (unpaired) electrons. The van der Waals surface area contributed by atoms with Crippen LogP contribution in [-0.2, 0) is 4.79 Å². The van der Waals surface area contributed by atoms with Gasteiger partial charge in [-0.2, -0.15) is 0 Å². The lowest BCUT2D eigenvalue weighted by atomic mass is 10.3. The molecular weight excluding hydrogens is 170 g/mol. The third kappa shape index (κ3) is 2.76. The lowest BCUT2D eigenvalue weighted by molar-refractivity contribution is -0.123. The molecule has 1 atom stereocenters. The largest absolute Gasteiger partial charge is 0.508 e. The number of rotatable bonds is 2. The lowest BCUT2D eigenvalue weighted by Crippen LogP contribution is -2.24. The Balaban J connectivity index is 2.69. The molecule has 4 heteroatoms. The molecule has 3 N–H and O–H groups in total. The van der Waals surface area contributed by atoms with E-state index in [4.69, 9.17) is 10.2 Å². The Bertz CT molecular complexity index is 309.